The summed E-state index contributed by atoms with van der Waals surface area (Å²) in [4.78, 5) is 48.2. The van der Waals surface area contributed by atoms with Gasteiger partial charge in [0.25, 0.3) is 0 Å². The average molecular weight is 503 g/mol. The molecule has 28 heavy (non-hydrogen) atoms. The molecular weight excluding hydrogens is 475 g/mol. The van der Waals surface area contributed by atoms with E-state index in [1.165, 1.54) is 0 Å². The number of ketones is 2. The molecule has 1 aromatic carbocycles. The van der Waals surface area contributed by atoms with Crippen LogP contribution in [0.2, 0.25) is 0 Å². The SMILES string of the molecule is CCC(=O)CCNC(=O)CCc1ccc(NC(=O)COCC(=O)C[I-]C)cc1. The minimum absolute atomic E-state index is 0.0193. The minimum atomic E-state index is -0.312. The second kappa shape index (κ2) is 14.2. The van der Waals surface area contributed by atoms with E-state index in [2.05, 4.69) is 10.6 Å². The molecule has 0 aliphatic heterocycles. The number of anilines is 1. The molecule has 0 saturated heterocycles. The number of hydrogen-bond acceptors (Lipinski definition) is 5. The molecule has 8 heteroatoms. The fourth-order valence-electron chi connectivity index (χ4n) is 2.26. The van der Waals surface area contributed by atoms with E-state index in [1.54, 1.807) is 19.1 Å². The van der Waals surface area contributed by atoms with Gasteiger partial charge in [-0.15, -0.1) is 0 Å². The van der Waals surface area contributed by atoms with E-state index < -0.39 is 0 Å². The van der Waals surface area contributed by atoms with Crippen molar-refractivity contribution in [3.8, 4) is 0 Å². The third-order valence-corrected chi connectivity index (χ3v) is 5.39. The van der Waals surface area contributed by atoms with Crippen molar-refractivity contribution >= 4 is 29.1 Å². The van der Waals surface area contributed by atoms with Crippen molar-refractivity contribution in [2.45, 2.75) is 32.6 Å². The number of amides is 2. The second-order valence-electron chi connectivity index (χ2n) is 6.17. The molecule has 7 nitrogen and oxygen atoms in total. The molecule has 0 radical (unpaired) electrons. The number of benzene rings is 1. The van der Waals surface area contributed by atoms with E-state index >= 15 is 0 Å². The molecule has 2 N–H and O–H groups in total. The van der Waals surface area contributed by atoms with Gasteiger partial charge < -0.3 is 5.32 Å². The van der Waals surface area contributed by atoms with Crippen LogP contribution in [0.4, 0.5) is 5.69 Å². The van der Waals surface area contributed by atoms with Crippen molar-refractivity contribution in [1.29, 1.82) is 0 Å². The van der Waals surface area contributed by atoms with E-state index in [1.807, 2.05) is 17.1 Å². The summed E-state index contributed by atoms with van der Waals surface area (Å²) in [5.41, 5.74) is 1.60. The maximum atomic E-state index is 11.8. The molecule has 0 heterocycles. The van der Waals surface area contributed by atoms with Crippen LogP contribution in [0.15, 0.2) is 24.3 Å². The van der Waals surface area contributed by atoms with Crippen LogP contribution in [0, 0.1) is 0 Å². The number of aryl methyl sites for hydroxylation is 1. The summed E-state index contributed by atoms with van der Waals surface area (Å²) >= 11 is -0.0937. The number of carbonyl (C=O) groups is 4. The molecule has 0 fully saturated rings. The Bertz CT molecular complexity index is 661. The van der Waals surface area contributed by atoms with Crippen LogP contribution in [-0.4, -0.2) is 52.5 Å². The van der Waals surface area contributed by atoms with Crippen molar-refractivity contribution in [1.82, 2.24) is 5.32 Å². The van der Waals surface area contributed by atoms with E-state index in [9.17, 15) is 19.2 Å². The summed E-state index contributed by atoms with van der Waals surface area (Å²) in [5, 5.41) is 5.44. The molecule has 0 saturated carbocycles. The number of rotatable bonds is 14. The van der Waals surface area contributed by atoms with Gasteiger partial charge in [0.2, 0.25) is 5.91 Å². The molecule has 0 aliphatic carbocycles. The van der Waals surface area contributed by atoms with Crippen molar-refractivity contribution in [2.24, 2.45) is 0 Å². The average Bonchev–Trinajstić information content (AvgIpc) is 2.67. The Morgan fingerprint density at radius 3 is 2.32 bits per heavy atom. The fraction of sp³-hybridized carbons (Fsp3) is 0.500. The maximum absolute atomic E-state index is 11.8. The molecule has 0 bridgehead atoms. The van der Waals surface area contributed by atoms with Crippen LogP contribution in [0.3, 0.4) is 0 Å². The Labute approximate surface area is 176 Å². The quantitative estimate of drug-likeness (QED) is 0.234. The standard InChI is InChI=1S/C20H28IN2O5/c1-3-17(24)10-11-22-19(26)9-6-15-4-7-16(8-5-15)23-20(27)14-28-13-18(25)12-21-2/h4-5,7-8H,3,6,9-14H2,1-2H3,(H,22,26)(H,23,27)/q-1. The Morgan fingerprint density at radius 1 is 0.964 bits per heavy atom. The van der Waals surface area contributed by atoms with Crippen LogP contribution in [-0.2, 0) is 30.3 Å². The van der Waals surface area contributed by atoms with Gasteiger partial charge in [-0.2, -0.15) is 0 Å². The summed E-state index contributed by atoms with van der Waals surface area (Å²) in [6.45, 7) is 2.01. The molecule has 156 valence electrons. The third kappa shape index (κ3) is 11.1. The molecular formula is C20H28IN2O5-. The zero-order chi connectivity index (χ0) is 20.8. The number of Topliss-reactive ketones (excluding diaryl/α,β-unsaturated/α-hetero) is 2. The van der Waals surface area contributed by atoms with Gasteiger partial charge >= 0.3 is 117 Å². The first-order valence-electron chi connectivity index (χ1n) is 9.15. The summed E-state index contributed by atoms with van der Waals surface area (Å²) < 4.78 is 5.68. The first-order valence-corrected chi connectivity index (χ1v) is 12.8. The summed E-state index contributed by atoms with van der Waals surface area (Å²) in [6.07, 6.45) is 1.78. The number of nitrogens with one attached hydrogen (secondary N) is 2. The second-order valence-corrected chi connectivity index (χ2v) is 8.46. The summed E-state index contributed by atoms with van der Waals surface area (Å²) in [7, 11) is 0. The number of carbonyl (C=O) groups excluding carboxylic acids is 4. The molecule has 0 aliphatic rings. The van der Waals surface area contributed by atoms with E-state index in [4.69, 9.17) is 4.74 Å². The predicted molar refractivity (Wildman–Crippen MR) is 103 cm³/mol. The van der Waals surface area contributed by atoms with Crippen molar-refractivity contribution in [3.05, 3.63) is 29.8 Å². The molecule has 1 aromatic rings. The van der Waals surface area contributed by atoms with Gasteiger partial charge in [-0.25, -0.2) is 0 Å². The van der Waals surface area contributed by atoms with Crippen LogP contribution >= 0.6 is 0 Å². The van der Waals surface area contributed by atoms with Crippen LogP contribution < -0.4 is 31.8 Å². The Kier molecular flexibility index (Phi) is 12.3. The first kappa shape index (κ1) is 24.2. The molecule has 0 aromatic heterocycles. The van der Waals surface area contributed by atoms with Gasteiger partial charge in [0.05, 0.1) is 0 Å². The normalized spacial score (nSPS) is 10.5. The van der Waals surface area contributed by atoms with Gasteiger partial charge in [-0.3, -0.25) is 9.59 Å². The van der Waals surface area contributed by atoms with E-state index in [-0.39, 0.29) is 57.8 Å². The van der Waals surface area contributed by atoms with Gasteiger partial charge in [0.15, 0.2) is 0 Å². The third-order valence-electron chi connectivity index (χ3n) is 3.78. The topological polar surface area (TPSA) is 102 Å². The van der Waals surface area contributed by atoms with Gasteiger partial charge in [-0.1, -0.05) is 6.92 Å². The number of alkyl halides is 2. The zero-order valence-electron chi connectivity index (χ0n) is 16.4. The summed E-state index contributed by atoms with van der Waals surface area (Å²) in [6, 6.07) is 7.22. The summed E-state index contributed by atoms with van der Waals surface area (Å²) in [5.74, 6) is -0.225. The van der Waals surface area contributed by atoms with E-state index in [0.717, 1.165) is 5.56 Å². The molecule has 0 spiro atoms. The molecule has 2 amide bonds. The van der Waals surface area contributed by atoms with Gasteiger partial charge in [0.1, 0.15) is 5.78 Å². The van der Waals surface area contributed by atoms with E-state index in [0.29, 0.717) is 42.3 Å². The van der Waals surface area contributed by atoms with Gasteiger partial charge in [-0.05, 0) is 0 Å². The van der Waals surface area contributed by atoms with Crippen molar-refractivity contribution in [3.63, 3.8) is 0 Å². The van der Waals surface area contributed by atoms with Crippen LogP contribution in [0.25, 0.3) is 0 Å². The number of halogens is 1. The Balaban J connectivity index is 2.27. The Morgan fingerprint density at radius 2 is 1.68 bits per heavy atom. The molecule has 0 unspecified atom stereocenters. The number of ether oxygens (including phenoxy) is 1. The fourth-order valence-corrected chi connectivity index (χ4v) is 3.33. The molecule has 1 rings (SSSR count). The predicted octanol–water partition coefficient (Wildman–Crippen LogP) is -1.65. The number of hydrogen-bond donors (Lipinski definition) is 2. The van der Waals surface area contributed by atoms with Crippen molar-refractivity contribution in [2.75, 3.05) is 34.4 Å². The first-order chi connectivity index (χ1) is 13.4. The van der Waals surface area contributed by atoms with Crippen molar-refractivity contribution < 1.29 is 45.1 Å². The van der Waals surface area contributed by atoms with Gasteiger partial charge in [0, 0.05) is 25.8 Å². The van der Waals surface area contributed by atoms with Crippen LogP contribution in [0.1, 0.15) is 31.7 Å². The Hall–Kier alpha value is -1.81. The monoisotopic (exact) mass is 503 g/mol. The molecule has 0 atom stereocenters. The van der Waals surface area contributed by atoms with Crippen LogP contribution in [0.5, 0.6) is 0 Å². The zero-order valence-corrected chi connectivity index (χ0v) is 18.5.